The molecule has 1 heterocycles. The Kier molecular flexibility index (Phi) is 10.3. The average Bonchev–Trinajstić information content (AvgIpc) is 2.76. The normalized spacial score (nSPS) is 21.7. The molecule has 10 heteroatoms. The van der Waals surface area contributed by atoms with Crippen LogP contribution in [0.3, 0.4) is 0 Å². The topological polar surface area (TPSA) is 103 Å². The SMILES string of the molecule is CO[C@@H]1CN(C)C(=O)c2ccc(NC(=O)NC(C)C)cc2OC[C@H](C)N(C(=O)CN(C)C)C[C@@H]1C. The zero-order chi connectivity index (χ0) is 26.3. The first-order valence-corrected chi connectivity index (χ1v) is 12.0. The summed E-state index contributed by atoms with van der Waals surface area (Å²) in [6.07, 6.45) is -0.254. The zero-order valence-electron chi connectivity index (χ0n) is 22.3. The maximum absolute atomic E-state index is 13.3. The minimum absolute atomic E-state index is 0.00436. The molecule has 1 aliphatic rings. The van der Waals surface area contributed by atoms with Crippen molar-refractivity contribution in [1.82, 2.24) is 20.0 Å². The largest absolute Gasteiger partial charge is 0.491 e. The van der Waals surface area contributed by atoms with E-state index in [0.717, 1.165) is 0 Å². The predicted octanol–water partition coefficient (Wildman–Crippen LogP) is 2.11. The van der Waals surface area contributed by atoms with Gasteiger partial charge in [-0.1, -0.05) is 6.92 Å². The summed E-state index contributed by atoms with van der Waals surface area (Å²) in [5, 5.41) is 5.54. The van der Waals surface area contributed by atoms with Crippen molar-refractivity contribution in [3.8, 4) is 5.75 Å². The summed E-state index contributed by atoms with van der Waals surface area (Å²) < 4.78 is 11.8. The minimum atomic E-state index is -0.345. The molecule has 4 amide bonds. The summed E-state index contributed by atoms with van der Waals surface area (Å²) in [5.74, 6) is 0.129. The molecule has 3 atom stereocenters. The van der Waals surface area contributed by atoms with E-state index in [1.165, 1.54) is 0 Å². The lowest BCUT2D eigenvalue weighted by Crippen LogP contribution is -2.50. The summed E-state index contributed by atoms with van der Waals surface area (Å²) >= 11 is 0. The van der Waals surface area contributed by atoms with Crippen molar-refractivity contribution in [3.63, 3.8) is 0 Å². The van der Waals surface area contributed by atoms with E-state index < -0.39 is 0 Å². The first-order chi connectivity index (χ1) is 16.4. The van der Waals surface area contributed by atoms with Gasteiger partial charge in [0.05, 0.1) is 24.3 Å². The molecule has 0 aromatic heterocycles. The monoisotopic (exact) mass is 491 g/mol. The number of likely N-dealkylation sites (N-methyl/N-ethyl adjacent to an activating group) is 2. The average molecular weight is 492 g/mol. The fraction of sp³-hybridized carbons (Fsp3) is 0.640. The van der Waals surface area contributed by atoms with Gasteiger partial charge in [-0.2, -0.15) is 0 Å². The lowest BCUT2D eigenvalue weighted by atomic mass is 10.0. The number of urea groups is 1. The Labute approximate surface area is 208 Å². The molecule has 0 saturated carbocycles. The van der Waals surface area contributed by atoms with Gasteiger partial charge in [0.1, 0.15) is 12.4 Å². The highest BCUT2D eigenvalue weighted by Crippen LogP contribution is 2.27. The molecule has 0 radical (unpaired) electrons. The summed E-state index contributed by atoms with van der Waals surface area (Å²) in [7, 11) is 7.06. The number of fused-ring (bicyclic) bond motifs is 1. The summed E-state index contributed by atoms with van der Waals surface area (Å²) in [6, 6.07) is 4.35. The molecule has 0 spiro atoms. The van der Waals surface area contributed by atoms with E-state index in [-0.39, 0.29) is 55.1 Å². The van der Waals surface area contributed by atoms with Crippen LogP contribution < -0.4 is 15.4 Å². The maximum atomic E-state index is 13.3. The fourth-order valence-electron chi connectivity index (χ4n) is 3.99. The van der Waals surface area contributed by atoms with Crippen LogP contribution in [-0.2, 0) is 9.53 Å². The number of carbonyl (C=O) groups is 3. The molecular weight excluding hydrogens is 450 g/mol. The molecule has 0 unspecified atom stereocenters. The van der Waals surface area contributed by atoms with Gasteiger partial charge in [0.2, 0.25) is 5.91 Å². The van der Waals surface area contributed by atoms with Crippen molar-refractivity contribution in [2.75, 3.05) is 59.8 Å². The molecule has 1 aliphatic heterocycles. The Hall–Kier alpha value is -2.85. The number of ether oxygens (including phenoxy) is 2. The second-order valence-electron chi connectivity index (χ2n) is 9.85. The minimum Gasteiger partial charge on any atom is -0.491 e. The number of nitrogens with one attached hydrogen (secondary N) is 2. The van der Waals surface area contributed by atoms with Crippen LogP contribution in [-0.4, -0.2) is 105 Å². The van der Waals surface area contributed by atoms with E-state index in [0.29, 0.717) is 30.1 Å². The molecule has 2 rings (SSSR count). The highest BCUT2D eigenvalue weighted by Gasteiger charge is 2.30. The molecule has 0 saturated heterocycles. The van der Waals surface area contributed by atoms with Crippen molar-refractivity contribution in [2.45, 2.75) is 45.9 Å². The third-order valence-electron chi connectivity index (χ3n) is 5.90. The highest BCUT2D eigenvalue weighted by atomic mass is 16.5. The lowest BCUT2D eigenvalue weighted by Gasteiger charge is -2.36. The smallest absolute Gasteiger partial charge is 0.319 e. The summed E-state index contributed by atoms with van der Waals surface area (Å²) in [6.45, 7) is 9.00. The third kappa shape index (κ3) is 8.10. The van der Waals surface area contributed by atoms with Crippen LogP contribution in [0.4, 0.5) is 10.5 Å². The fourth-order valence-corrected chi connectivity index (χ4v) is 3.99. The van der Waals surface area contributed by atoms with Gasteiger partial charge in [0.15, 0.2) is 0 Å². The first-order valence-electron chi connectivity index (χ1n) is 12.0. The Bertz CT molecular complexity index is 891. The summed E-state index contributed by atoms with van der Waals surface area (Å²) in [5.41, 5.74) is 0.879. The molecule has 196 valence electrons. The zero-order valence-corrected chi connectivity index (χ0v) is 22.3. The Morgan fingerprint density at radius 3 is 2.51 bits per heavy atom. The number of hydrogen-bond acceptors (Lipinski definition) is 6. The van der Waals surface area contributed by atoms with Crippen LogP contribution in [0.25, 0.3) is 0 Å². The van der Waals surface area contributed by atoms with Crippen LogP contribution in [0.1, 0.15) is 38.1 Å². The van der Waals surface area contributed by atoms with Gasteiger partial charge in [-0.15, -0.1) is 0 Å². The van der Waals surface area contributed by atoms with Crippen LogP contribution >= 0.6 is 0 Å². The second kappa shape index (κ2) is 12.7. The van der Waals surface area contributed by atoms with Crippen LogP contribution in [0.2, 0.25) is 0 Å². The Morgan fingerprint density at radius 1 is 1.23 bits per heavy atom. The number of methoxy groups -OCH3 is 1. The molecule has 2 N–H and O–H groups in total. The van der Waals surface area contributed by atoms with E-state index in [9.17, 15) is 14.4 Å². The summed E-state index contributed by atoms with van der Waals surface area (Å²) in [4.78, 5) is 43.8. The molecule has 0 aliphatic carbocycles. The first kappa shape index (κ1) is 28.4. The van der Waals surface area contributed by atoms with E-state index in [1.807, 2.05) is 51.6 Å². The number of amides is 4. The molecule has 35 heavy (non-hydrogen) atoms. The quantitative estimate of drug-likeness (QED) is 0.654. The van der Waals surface area contributed by atoms with E-state index in [1.54, 1.807) is 37.3 Å². The number of benzene rings is 1. The Morgan fingerprint density at radius 2 is 1.91 bits per heavy atom. The van der Waals surface area contributed by atoms with E-state index in [4.69, 9.17) is 9.47 Å². The number of nitrogens with zero attached hydrogens (tertiary/aromatic N) is 3. The van der Waals surface area contributed by atoms with Crippen molar-refractivity contribution in [2.24, 2.45) is 5.92 Å². The maximum Gasteiger partial charge on any atom is 0.319 e. The number of hydrogen-bond donors (Lipinski definition) is 2. The van der Waals surface area contributed by atoms with Crippen molar-refractivity contribution in [1.29, 1.82) is 0 Å². The molecule has 0 fully saturated rings. The van der Waals surface area contributed by atoms with E-state index >= 15 is 0 Å². The third-order valence-corrected chi connectivity index (χ3v) is 5.90. The molecule has 1 aromatic carbocycles. The Balaban J connectivity index is 2.42. The number of anilines is 1. The number of rotatable bonds is 5. The van der Waals surface area contributed by atoms with Crippen LogP contribution in [0.5, 0.6) is 5.75 Å². The van der Waals surface area contributed by atoms with Gasteiger partial charge < -0.3 is 34.8 Å². The lowest BCUT2D eigenvalue weighted by molar-refractivity contribution is -0.136. The van der Waals surface area contributed by atoms with E-state index in [2.05, 4.69) is 10.6 Å². The van der Waals surface area contributed by atoms with Crippen molar-refractivity contribution < 1.29 is 23.9 Å². The number of carbonyl (C=O) groups excluding carboxylic acids is 3. The van der Waals surface area contributed by atoms with Crippen LogP contribution in [0.15, 0.2) is 18.2 Å². The molecule has 10 nitrogen and oxygen atoms in total. The van der Waals surface area contributed by atoms with Crippen LogP contribution in [0, 0.1) is 5.92 Å². The van der Waals surface area contributed by atoms with Gasteiger partial charge >= 0.3 is 6.03 Å². The standard InChI is InChI=1S/C25H41N5O5/c1-16(2)26-25(33)27-19-9-10-20-21(11-19)35-15-18(4)30(23(31)14-28(5)6)12-17(3)22(34-8)13-29(7)24(20)32/h9-11,16-18,22H,12-15H2,1-8H3,(H2,26,27,33)/t17-,18-,22+/m0/s1. The van der Waals surface area contributed by atoms with Gasteiger partial charge in [-0.3, -0.25) is 9.59 Å². The predicted molar refractivity (Wildman–Crippen MR) is 136 cm³/mol. The van der Waals surface area contributed by atoms with Gasteiger partial charge in [-0.25, -0.2) is 4.79 Å². The molecule has 1 aromatic rings. The van der Waals surface area contributed by atoms with Crippen molar-refractivity contribution in [3.05, 3.63) is 23.8 Å². The van der Waals surface area contributed by atoms with Gasteiger partial charge in [0, 0.05) is 51.0 Å². The van der Waals surface area contributed by atoms with Crippen molar-refractivity contribution >= 4 is 23.5 Å². The van der Waals surface area contributed by atoms with Gasteiger partial charge in [0.25, 0.3) is 5.91 Å². The highest BCUT2D eigenvalue weighted by molar-refractivity contribution is 5.98. The molecular formula is C25H41N5O5. The van der Waals surface area contributed by atoms with Gasteiger partial charge in [-0.05, 0) is 47.0 Å². The second-order valence-corrected chi connectivity index (χ2v) is 9.85. The molecule has 0 bridgehead atoms.